The summed E-state index contributed by atoms with van der Waals surface area (Å²) in [5.41, 5.74) is 3.42. The molecule has 1 saturated heterocycles. The number of rotatable bonds is 4. The zero-order valence-electron chi connectivity index (χ0n) is 15.5. The lowest BCUT2D eigenvalue weighted by atomic mass is 10.1. The molecule has 1 atom stereocenters. The first-order valence-electron chi connectivity index (χ1n) is 9.14. The molecule has 0 bridgehead atoms. The van der Waals surface area contributed by atoms with Gasteiger partial charge in [-0.2, -0.15) is 5.10 Å². The summed E-state index contributed by atoms with van der Waals surface area (Å²) in [6.07, 6.45) is 0.369. The molecule has 1 fully saturated rings. The Hall–Kier alpha value is -2.77. The summed E-state index contributed by atoms with van der Waals surface area (Å²) >= 11 is 0. The van der Waals surface area contributed by atoms with Gasteiger partial charge >= 0.3 is 0 Å². The number of carbonyl (C=O) groups excluding carboxylic acids is 1. The Labute approximate surface area is 157 Å². The van der Waals surface area contributed by atoms with Gasteiger partial charge in [0, 0.05) is 30.1 Å². The average molecular weight is 365 g/mol. The average Bonchev–Trinajstić information content (AvgIpc) is 3.00. The molecule has 0 aliphatic carbocycles. The van der Waals surface area contributed by atoms with Crippen molar-refractivity contribution in [3.63, 3.8) is 0 Å². The number of aromatic nitrogens is 3. The molecular formula is C20H23N5O2. The maximum absolute atomic E-state index is 12.5. The first kappa shape index (κ1) is 17.6. The number of aryl methyl sites for hydroxylation is 2. The van der Waals surface area contributed by atoms with Gasteiger partial charge in [0.15, 0.2) is 5.82 Å². The Balaban J connectivity index is 1.61. The van der Waals surface area contributed by atoms with E-state index >= 15 is 0 Å². The first-order chi connectivity index (χ1) is 13.1. The first-order valence-corrected chi connectivity index (χ1v) is 9.14. The number of pyridine rings is 1. The number of morpholine rings is 1. The van der Waals surface area contributed by atoms with Crippen molar-refractivity contribution in [1.82, 2.24) is 20.1 Å². The molecule has 1 unspecified atom stereocenters. The van der Waals surface area contributed by atoms with Crippen molar-refractivity contribution in [2.45, 2.75) is 26.3 Å². The second-order valence-corrected chi connectivity index (χ2v) is 6.86. The van der Waals surface area contributed by atoms with Gasteiger partial charge in [-0.15, -0.1) is 0 Å². The third-order valence-corrected chi connectivity index (χ3v) is 4.64. The van der Waals surface area contributed by atoms with Crippen LogP contribution >= 0.6 is 0 Å². The Kier molecular flexibility index (Phi) is 4.87. The van der Waals surface area contributed by atoms with Crippen LogP contribution in [-0.2, 0) is 9.53 Å². The van der Waals surface area contributed by atoms with Crippen LogP contribution in [-0.4, -0.2) is 46.5 Å². The van der Waals surface area contributed by atoms with E-state index in [1.807, 2.05) is 54.9 Å². The Morgan fingerprint density at radius 1 is 1.33 bits per heavy atom. The second kappa shape index (κ2) is 7.46. The van der Waals surface area contributed by atoms with Crippen LogP contribution in [0.3, 0.4) is 0 Å². The van der Waals surface area contributed by atoms with Crippen molar-refractivity contribution < 1.29 is 9.53 Å². The fourth-order valence-electron chi connectivity index (χ4n) is 3.39. The third kappa shape index (κ3) is 3.84. The van der Waals surface area contributed by atoms with Crippen LogP contribution in [0, 0.1) is 13.8 Å². The van der Waals surface area contributed by atoms with Gasteiger partial charge in [-0.05, 0) is 38.1 Å². The van der Waals surface area contributed by atoms with Crippen LogP contribution in [0.2, 0.25) is 0 Å². The molecule has 4 rings (SSSR count). The largest absolute Gasteiger partial charge is 0.378 e. The topological polar surface area (TPSA) is 81.1 Å². The number of fused-ring (bicyclic) bond motifs is 1. The standard InChI is InChI=1S/C20H23N5O2/c1-13-10-14(2)25(24-13)18-7-6-15-4-3-5-17(20(15)23-18)22-19(26)11-16-12-27-9-8-21-16/h3-7,10,16,21H,8-9,11-12H2,1-2H3,(H,22,26). The smallest absolute Gasteiger partial charge is 0.226 e. The van der Waals surface area contributed by atoms with Crippen molar-refractivity contribution >= 4 is 22.5 Å². The number of carbonyl (C=O) groups is 1. The van der Waals surface area contributed by atoms with Crippen molar-refractivity contribution in [1.29, 1.82) is 0 Å². The Morgan fingerprint density at radius 2 is 2.22 bits per heavy atom. The lowest BCUT2D eigenvalue weighted by Gasteiger charge is -2.23. The maximum atomic E-state index is 12.5. The summed E-state index contributed by atoms with van der Waals surface area (Å²) in [4.78, 5) is 17.2. The lowest BCUT2D eigenvalue weighted by molar-refractivity contribution is -0.117. The second-order valence-electron chi connectivity index (χ2n) is 6.86. The summed E-state index contributed by atoms with van der Waals surface area (Å²) in [5, 5.41) is 11.8. The van der Waals surface area contributed by atoms with Gasteiger partial charge in [0.25, 0.3) is 0 Å². The predicted octanol–water partition coefficient (Wildman–Crippen LogP) is 2.35. The SMILES string of the molecule is Cc1cc(C)n(-c2ccc3cccc(NC(=O)CC4COCCN4)c3n2)n1. The number of hydrogen-bond acceptors (Lipinski definition) is 5. The third-order valence-electron chi connectivity index (χ3n) is 4.64. The molecule has 2 N–H and O–H groups in total. The number of amides is 1. The highest BCUT2D eigenvalue weighted by Crippen LogP contribution is 2.24. The van der Waals surface area contributed by atoms with E-state index in [0.29, 0.717) is 25.3 Å². The van der Waals surface area contributed by atoms with E-state index in [-0.39, 0.29) is 11.9 Å². The molecule has 7 nitrogen and oxygen atoms in total. The molecule has 1 amide bonds. The Bertz CT molecular complexity index is 976. The predicted molar refractivity (Wildman–Crippen MR) is 104 cm³/mol. The van der Waals surface area contributed by atoms with E-state index in [4.69, 9.17) is 9.72 Å². The van der Waals surface area contributed by atoms with Crippen LogP contribution in [0.4, 0.5) is 5.69 Å². The number of nitrogens with zero attached hydrogens (tertiary/aromatic N) is 3. The van der Waals surface area contributed by atoms with Gasteiger partial charge < -0.3 is 15.4 Å². The van der Waals surface area contributed by atoms with E-state index in [0.717, 1.165) is 34.7 Å². The van der Waals surface area contributed by atoms with Gasteiger partial charge in [-0.25, -0.2) is 9.67 Å². The molecule has 1 aliphatic rings. The summed E-state index contributed by atoms with van der Waals surface area (Å²) in [7, 11) is 0. The highest BCUT2D eigenvalue weighted by Gasteiger charge is 2.18. The van der Waals surface area contributed by atoms with Gasteiger partial charge in [0.05, 0.1) is 30.1 Å². The summed E-state index contributed by atoms with van der Waals surface area (Å²) in [5.74, 6) is 0.681. The van der Waals surface area contributed by atoms with Crippen LogP contribution < -0.4 is 10.6 Å². The van der Waals surface area contributed by atoms with Gasteiger partial charge in [-0.3, -0.25) is 4.79 Å². The van der Waals surface area contributed by atoms with E-state index in [2.05, 4.69) is 15.7 Å². The molecule has 3 heterocycles. The van der Waals surface area contributed by atoms with Gasteiger partial charge in [-0.1, -0.05) is 12.1 Å². The number of nitrogens with one attached hydrogen (secondary N) is 2. The van der Waals surface area contributed by atoms with Crippen LogP contribution in [0.25, 0.3) is 16.7 Å². The van der Waals surface area contributed by atoms with Crippen LogP contribution in [0.5, 0.6) is 0 Å². The zero-order valence-corrected chi connectivity index (χ0v) is 15.5. The molecule has 7 heteroatoms. The minimum atomic E-state index is -0.0520. The highest BCUT2D eigenvalue weighted by atomic mass is 16.5. The highest BCUT2D eigenvalue weighted by molar-refractivity contribution is 6.00. The fraction of sp³-hybridized carbons (Fsp3) is 0.350. The molecule has 0 radical (unpaired) electrons. The molecule has 0 spiro atoms. The lowest BCUT2D eigenvalue weighted by Crippen LogP contribution is -2.43. The number of anilines is 1. The van der Waals surface area contributed by atoms with Crippen molar-refractivity contribution in [2.75, 3.05) is 25.1 Å². The molecular weight excluding hydrogens is 342 g/mol. The minimum Gasteiger partial charge on any atom is -0.378 e. The van der Waals surface area contributed by atoms with Crippen molar-refractivity contribution in [2.24, 2.45) is 0 Å². The zero-order chi connectivity index (χ0) is 18.8. The summed E-state index contributed by atoms with van der Waals surface area (Å²) in [6, 6.07) is 11.8. The quantitative estimate of drug-likeness (QED) is 0.742. The molecule has 1 aliphatic heterocycles. The molecule has 1 aromatic carbocycles. The molecule has 140 valence electrons. The van der Waals surface area contributed by atoms with Crippen molar-refractivity contribution in [3.05, 3.63) is 47.8 Å². The Morgan fingerprint density at radius 3 is 2.96 bits per heavy atom. The van der Waals surface area contributed by atoms with Crippen LogP contribution in [0.15, 0.2) is 36.4 Å². The molecule has 2 aromatic heterocycles. The van der Waals surface area contributed by atoms with Gasteiger partial charge in [0.1, 0.15) is 0 Å². The van der Waals surface area contributed by atoms with Gasteiger partial charge in [0.2, 0.25) is 5.91 Å². The summed E-state index contributed by atoms with van der Waals surface area (Å²) in [6.45, 7) is 5.99. The van der Waals surface area contributed by atoms with E-state index < -0.39 is 0 Å². The van der Waals surface area contributed by atoms with E-state index in [9.17, 15) is 4.79 Å². The van der Waals surface area contributed by atoms with Crippen LogP contribution in [0.1, 0.15) is 17.8 Å². The maximum Gasteiger partial charge on any atom is 0.226 e. The van der Waals surface area contributed by atoms with E-state index in [1.165, 1.54) is 0 Å². The summed E-state index contributed by atoms with van der Waals surface area (Å²) < 4.78 is 7.23. The number of ether oxygens (including phenoxy) is 1. The fourth-order valence-corrected chi connectivity index (χ4v) is 3.39. The van der Waals surface area contributed by atoms with E-state index in [1.54, 1.807) is 0 Å². The van der Waals surface area contributed by atoms with Crippen molar-refractivity contribution in [3.8, 4) is 5.82 Å². The molecule has 27 heavy (non-hydrogen) atoms. The number of benzene rings is 1. The minimum absolute atomic E-state index is 0.0481. The monoisotopic (exact) mass is 365 g/mol. The normalized spacial score (nSPS) is 17.2. The number of hydrogen-bond donors (Lipinski definition) is 2. The molecule has 0 saturated carbocycles. The molecule has 3 aromatic rings. The number of para-hydroxylation sites is 1.